The first-order chi connectivity index (χ1) is 16.6. The van der Waals surface area contributed by atoms with Gasteiger partial charge in [-0.1, -0.05) is 64.0 Å². The Bertz CT molecular complexity index is 773. The van der Waals surface area contributed by atoms with Gasteiger partial charge in [-0.15, -0.1) is 0 Å². The maximum Gasteiger partial charge on any atom is 0.303 e. The minimum Gasteiger partial charge on any atom is -0.458 e. The van der Waals surface area contributed by atoms with E-state index in [0.29, 0.717) is 12.3 Å². The smallest absolute Gasteiger partial charge is 0.303 e. The van der Waals surface area contributed by atoms with Crippen molar-refractivity contribution in [3.63, 3.8) is 0 Å². The van der Waals surface area contributed by atoms with E-state index in [-0.39, 0.29) is 54.2 Å². The second-order valence-electron chi connectivity index (χ2n) is 10.5. The van der Waals surface area contributed by atoms with Crippen molar-refractivity contribution in [3.05, 3.63) is 36.0 Å². The van der Waals surface area contributed by atoms with Gasteiger partial charge in [0, 0.05) is 19.3 Å². The number of amides is 1. The predicted molar refractivity (Wildman–Crippen MR) is 140 cm³/mol. The number of aliphatic hydroxyl groups is 1. The molecule has 2 heterocycles. The summed E-state index contributed by atoms with van der Waals surface area (Å²) in [6.45, 7) is 11.8. The Morgan fingerprint density at radius 1 is 1.26 bits per heavy atom. The van der Waals surface area contributed by atoms with E-state index in [1.807, 2.05) is 19.9 Å². The van der Waals surface area contributed by atoms with Crippen molar-refractivity contribution < 1.29 is 24.2 Å². The van der Waals surface area contributed by atoms with Gasteiger partial charge < -0.3 is 19.9 Å². The van der Waals surface area contributed by atoms with Gasteiger partial charge in [-0.05, 0) is 56.9 Å². The first-order valence-electron chi connectivity index (χ1n) is 13.5. The van der Waals surface area contributed by atoms with Crippen LogP contribution in [0.4, 0.5) is 0 Å². The normalized spacial score (nSPS) is 31.1. The fourth-order valence-corrected chi connectivity index (χ4v) is 4.88. The fraction of sp³-hybridized carbons (Fsp3) is 0.724. The third kappa shape index (κ3) is 10.3. The molecule has 8 atom stereocenters. The minimum atomic E-state index is -0.303. The summed E-state index contributed by atoms with van der Waals surface area (Å²) >= 11 is 0. The van der Waals surface area contributed by atoms with Crippen LogP contribution in [0.5, 0.6) is 0 Å². The molecular formula is C29H47NO5. The molecular weight excluding hydrogens is 442 g/mol. The average molecular weight is 490 g/mol. The molecule has 1 unspecified atom stereocenters. The molecule has 0 aromatic carbocycles. The quantitative estimate of drug-likeness (QED) is 0.200. The summed E-state index contributed by atoms with van der Waals surface area (Å²) in [7, 11) is 0. The van der Waals surface area contributed by atoms with E-state index >= 15 is 0 Å². The summed E-state index contributed by atoms with van der Waals surface area (Å²) in [5.74, 6) is 0.401. The second kappa shape index (κ2) is 14.6. The van der Waals surface area contributed by atoms with Crippen LogP contribution in [-0.4, -0.2) is 47.4 Å². The van der Waals surface area contributed by atoms with Gasteiger partial charge in [-0.25, -0.2) is 0 Å². The van der Waals surface area contributed by atoms with Crippen molar-refractivity contribution >= 4 is 11.9 Å². The number of nitrogens with one attached hydrogen (secondary N) is 1. The fourth-order valence-electron chi connectivity index (χ4n) is 4.88. The lowest BCUT2D eigenvalue weighted by molar-refractivity contribution is -0.144. The van der Waals surface area contributed by atoms with Crippen molar-refractivity contribution in [1.29, 1.82) is 0 Å². The summed E-state index contributed by atoms with van der Waals surface area (Å²) in [4.78, 5) is 24.0. The molecule has 2 aliphatic rings. The Balaban J connectivity index is 2.00. The van der Waals surface area contributed by atoms with Gasteiger partial charge in [-0.3, -0.25) is 9.59 Å². The standard InChI is InChI=1S/C29H47NO5/c1-7-25(32)22(5)29-26(35-29)18-19(2)12-11-13-20(3)28-21(4)16-17-24(34-23(6)31)14-9-8-10-15-27(33)30-28/h11-13,16-17,19,21-22,24-26,28-29,32H,7-10,14-15,18H2,1-6H3,(H,30,33)/t19-,21+,22-,24?,25+,26-,28-,29-/m1/s1. The van der Waals surface area contributed by atoms with Crippen LogP contribution in [0.2, 0.25) is 0 Å². The second-order valence-corrected chi connectivity index (χ2v) is 10.5. The number of ether oxygens (including phenoxy) is 2. The molecule has 2 N–H and O–H groups in total. The molecule has 6 nitrogen and oxygen atoms in total. The van der Waals surface area contributed by atoms with Gasteiger partial charge in [0.2, 0.25) is 5.91 Å². The summed E-state index contributed by atoms with van der Waals surface area (Å²) < 4.78 is 11.3. The number of epoxide rings is 1. The number of rotatable bonds is 9. The summed E-state index contributed by atoms with van der Waals surface area (Å²) in [5.41, 5.74) is 1.08. The van der Waals surface area contributed by atoms with E-state index in [0.717, 1.165) is 44.1 Å². The van der Waals surface area contributed by atoms with E-state index in [1.165, 1.54) is 6.92 Å². The Hall–Kier alpha value is -1.92. The van der Waals surface area contributed by atoms with Crippen molar-refractivity contribution in [3.8, 4) is 0 Å². The zero-order valence-electron chi connectivity index (χ0n) is 22.5. The molecule has 0 aliphatic carbocycles. The van der Waals surface area contributed by atoms with Crippen LogP contribution in [0.1, 0.15) is 86.5 Å². The summed E-state index contributed by atoms with van der Waals surface area (Å²) in [5, 5.41) is 13.3. The van der Waals surface area contributed by atoms with Gasteiger partial charge in [0.15, 0.2) is 0 Å². The van der Waals surface area contributed by atoms with E-state index in [4.69, 9.17) is 9.47 Å². The molecule has 35 heavy (non-hydrogen) atoms. The summed E-state index contributed by atoms with van der Waals surface area (Å²) in [6.07, 6.45) is 15.9. The van der Waals surface area contributed by atoms with Crippen LogP contribution in [0.15, 0.2) is 36.0 Å². The monoisotopic (exact) mass is 489 g/mol. The van der Waals surface area contributed by atoms with Gasteiger partial charge in [0.1, 0.15) is 6.10 Å². The van der Waals surface area contributed by atoms with Crippen molar-refractivity contribution in [2.75, 3.05) is 0 Å². The average Bonchev–Trinajstić information content (AvgIpc) is 3.56. The molecule has 6 heteroatoms. The van der Waals surface area contributed by atoms with Gasteiger partial charge >= 0.3 is 5.97 Å². The number of carbonyl (C=O) groups excluding carboxylic acids is 2. The number of esters is 1. The van der Waals surface area contributed by atoms with Gasteiger partial charge in [0.05, 0.1) is 24.4 Å². The van der Waals surface area contributed by atoms with Gasteiger partial charge in [0.25, 0.3) is 0 Å². The molecule has 1 amide bonds. The lowest BCUT2D eigenvalue weighted by atomic mass is 9.92. The van der Waals surface area contributed by atoms with E-state index in [1.54, 1.807) is 0 Å². The Kier molecular flexibility index (Phi) is 12.2. The van der Waals surface area contributed by atoms with Gasteiger partial charge in [-0.2, -0.15) is 0 Å². The lowest BCUT2D eigenvalue weighted by Gasteiger charge is -2.25. The lowest BCUT2D eigenvalue weighted by Crippen LogP contribution is -2.39. The molecule has 198 valence electrons. The molecule has 2 rings (SSSR count). The molecule has 1 fully saturated rings. The van der Waals surface area contributed by atoms with Crippen LogP contribution in [0, 0.1) is 17.8 Å². The highest BCUT2D eigenvalue weighted by Crippen LogP contribution is 2.36. The van der Waals surface area contributed by atoms with E-state index in [2.05, 4.69) is 50.4 Å². The maximum absolute atomic E-state index is 12.6. The SMILES string of the molecule is CC[C@H](O)[C@@H](C)[C@H]1O[C@@H]1C[C@H](C)C=CC=C(C)[C@H]1NC(=O)CCCCCC(OC(C)=O)C=C[C@@H]1C. The summed E-state index contributed by atoms with van der Waals surface area (Å²) in [6, 6.07) is -0.122. The molecule has 2 aliphatic heterocycles. The predicted octanol–water partition coefficient (Wildman–Crippen LogP) is 5.26. The van der Waals surface area contributed by atoms with Crippen molar-refractivity contribution in [1.82, 2.24) is 5.32 Å². The Morgan fingerprint density at radius 3 is 2.69 bits per heavy atom. The molecule has 1 saturated heterocycles. The van der Waals surface area contributed by atoms with Crippen LogP contribution in [0.25, 0.3) is 0 Å². The maximum atomic E-state index is 12.6. The highest BCUT2D eigenvalue weighted by atomic mass is 16.6. The zero-order chi connectivity index (χ0) is 26.0. The molecule has 0 saturated carbocycles. The third-order valence-electron chi connectivity index (χ3n) is 7.24. The number of hydrogen-bond donors (Lipinski definition) is 2. The number of carbonyl (C=O) groups is 2. The van der Waals surface area contributed by atoms with Crippen LogP contribution >= 0.6 is 0 Å². The van der Waals surface area contributed by atoms with Crippen LogP contribution < -0.4 is 5.32 Å². The highest BCUT2D eigenvalue weighted by molar-refractivity contribution is 5.76. The number of aliphatic hydroxyl groups excluding tert-OH is 1. The van der Waals surface area contributed by atoms with E-state index in [9.17, 15) is 14.7 Å². The van der Waals surface area contributed by atoms with E-state index < -0.39 is 0 Å². The minimum absolute atomic E-state index is 0.0608. The first-order valence-corrected chi connectivity index (χ1v) is 13.5. The Labute approximate surface area is 212 Å². The van der Waals surface area contributed by atoms with Crippen molar-refractivity contribution in [2.45, 2.75) is 117 Å². The number of allylic oxidation sites excluding steroid dienone is 3. The number of hydrogen-bond acceptors (Lipinski definition) is 5. The largest absolute Gasteiger partial charge is 0.458 e. The van der Waals surface area contributed by atoms with Crippen molar-refractivity contribution in [2.24, 2.45) is 17.8 Å². The van der Waals surface area contributed by atoms with Crippen LogP contribution in [0.3, 0.4) is 0 Å². The molecule has 0 aromatic rings. The Morgan fingerprint density at radius 2 is 2.00 bits per heavy atom. The topological polar surface area (TPSA) is 88.2 Å². The first kappa shape index (κ1) is 29.3. The molecule has 0 radical (unpaired) electrons. The third-order valence-corrected chi connectivity index (χ3v) is 7.24. The molecule has 0 aromatic heterocycles. The molecule has 0 spiro atoms. The van der Waals surface area contributed by atoms with Crippen LogP contribution in [-0.2, 0) is 19.1 Å². The molecule has 0 bridgehead atoms. The zero-order valence-corrected chi connectivity index (χ0v) is 22.5. The highest BCUT2D eigenvalue weighted by Gasteiger charge is 2.44.